The van der Waals surface area contributed by atoms with Crippen molar-refractivity contribution in [3.8, 4) is 0 Å². The van der Waals surface area contributed by atoms with Gasteiger partial charge in [-0.15, -0.1) is 0 Å². The predicted molar refractivity (Wildman–Crippen MR) is 81.7 cm³/mol. The molecule has 0 fully saturated rings. The first-order chi connectivity index (χ1) is 11.2. The van der Waals surface area contributed by atoms with Crippen molar-refractivity contribution in [1.29, 1.82) is 0 Å². The maximum absolute atomic E-state index is 12.5. The molecule has 1 amide bonds. The second-order valence-electron chi connectivity index (χ2n) is 5.61. The van der Waals surface area contributed by atoms with Crippen molar-refractivity contribution in [2.24, 2.45) is 0 Å². The Morgan fingerprint density at radius 1 is 1.39 bits per heavy atom. The van der Waals surface area contributed by atoms with Crippen LogP contribution in [0.25, 0.3) is 0 Å². The van der Waals surface area contributed by atoms with Gasteiger partial charge in [-0.1, -0.05) is 0 Å². The summed E-state index contributed by atoms with van der Waals surface area (Å²) >= 11 is 0. The number of imidazole rings is 1. The van der Waals surface area contributed by atoms with Gasteiger partial charge in [0.05, 0.1) is 30.7 Å². The second kappa shape index (κ2) is 5.42. The van der Waals surface area contributed by atoms with Gasteiger partial charge < -0.3 is 13.9 Å². The van der Waals surface area contributed by atoms with Gasteiger partial charge in [-0.2, -0.15) is 5.10 Å². The number of carbonyl (C=O) groups excluding carboxylic acids is 1. The summed E-state index contributed by atoms with van der Waals surface area (Å²) in [6, 6.07) is 5.23. The minimum absolute atomic E-state index is 0.0901. The summed E-state index contributed by atoms with van der Waals surface area (Å²) in [4.78, 5) is 18.9. The molecule has 4 rings (SSSR count). The normalized spacial score (nSPS) is 17.3. The van der Waals surface area contributed by atoms with Gasteiger partial charge in [0.25, 0.3) is 5.91 Å². The van der Waals surface area contributed by atoms with E-state index in [1.54, 1.807) is 23.2 Å². The molecule has 0 bridgehead atoms. The van der Waals surface area contributed by atoms with E-state index in [1.807, 2.05) is 30.1 Å². The molecule has 118 valence electrons. The molecule has 1 aliphatic heterocycles. The number of nitrogens with zero attached hydrogens (tertiary/aromatic N) is 5. The van der Waals surface area contributed by atoms with E-state index in [0.29, 0.717) is 18.8 Å². The highest BCUT2D eigenvalue weighted by molar-refractivity contribution is 5.91. The molecule has 7 heteroatoms. The number of furan rings is 1. The Balaban J connectivity index is 1.59. The van der Waals surface area contributed by atoms with E-state index >= 15 is 0 Å². The molecular formula is C16H17N5O2. The molecule has 7 nitrogen and oxygen atoms in total. The van der Waals surface area contributed by atoms with Gasteiger partial charge in [0.1, 0.15) is 5.82 Å². The fourth-order valence-corrected chi connectivity index (χ4v) is 3.06. The van der Waals surface area contributed by atoms with Crippen LogP contribution in [0.2, 0.25) is 0 Å². The van der Waals surface area contributed by atoms with E-state index in [2.05, 4.69) is 14.6 Å². The zero-order chi connectivity index (χ0) is 15.8. The Morgan fingerprint density at radius 2 is 2.30 bits per heavy atom. The highest BCUT2D eigenvalue weighted by Crippen LogP contribution is 2.27. The summed E-state index contributed by atoms with van der Waals surface area (Å²) in [6.45, 7) is 4.04. The third kappa shape index (κ3) is 2.34. The molecular weight excluding hydrogens is 294 g/mol. The third-order valence-electron chi connectivity index (χ3n) is 4.25. The van der Waals surface area contributed by atoms with Crippen molar-refractivity contribution < 1.29 is 9.21 Å². The van der Waals surface area contributed by atoms with Crippen LogP contribution in [0.3, 0.4) is 0 Å². The van der Waals surface area contributed by atoms with Gasteiger partial charge in [-0.05, 0) is 25.1 Å². The minimum atomic E-state index is -0.0922. The van der Waals surface area contributed by atoms with Crippen molar-refractivity contribution in [3.05, 3.63) is 60.3 Å². The van der Waals surface area contributed by atoms with Gasteiger partial charge in [-0.25, -0.2) is 4.98 Å². The summed E-state index contributed by atoms with van der Waals surface area (Å²) in [6.07, 6.45) is 7.08. The maximum Gasteiger partial charge on any atom is 0.290 e. The number of hydrogen-bond acceptors (Lipinski definition) is 4. The maximum atomic E-state index is 12.5. The Hall–Kier alpha value is -2.83. The molecule has 3 aromatic heterocycles. The van der Waals surface area contributed by atoms with Crippen LogP contribution in [0.1, 0.15) is 35.0 Å². The summed E-state index contributed by atoms with van der Waals surface area (Å²) in [5.74, 6) is 1.18. The number of amides is 1. The van der Waals surface area contributed by atoms with E-state index < -0.39 is 0 Å². The fraction of sp³-hybridized carbons (Fsp3) is 0.312. The molecule has 0 saturated carbocycles. The summed E-state index contributed by atoms with van der Waals surface area (Å²) in [5.41, 5.74) is 1.10. The lowest BCUT2D eigenvalue weighted by Gasteiger charge is -2.33. The van der Waals surface area contributed by atoms with Gasteiger partial charge in [0.15, 0.2) is 5.76 Å². The van der Waals surface area contributed by atoms with Crippen molar-refractivity contribution in [3.63, 3.8) is 0 Å². The highest BCUT2D eigenvalue weighted by Gasteiger charge is 2.31. The van der Waals surface area contributed by atoms with Crippen molar-refractivity contribution >= 4 is 5.91 Å². The Bertz CT molecular complexity index is 804. The van der Waals surface area contributed by atoms with Crippen LogP contribution in [0.15, 0.2) is 47.5 Å². The Morgan fingerprint density at radius 3 is 3.04 bits per heavy atom. The van der Waals surface area contributed by atoms with Gasteiger partial charge in [0.2, 0.25) is 0 Å². The molecule has 0 spiro atoms. The smallest absolute Gasteiger partial charge is 0.290 e. The van der Waals surface area contributed by atoms with Crippen LogP contribution < -0.4 is 0 Å². The summed E-state index contributed by atoms with van der Waals surface area (Å²) < 4.78 is 9.28. The first-order valence-corrected chi connectivity index (χ1v) is 7.60. The Kier molecular flexibility index (Phi) is 3.25. The lowest BCUT2D eigenvalue weighted by molar-refractivity contribution is 0.0603. The SMILES string of the molecule is C[C@@H]1c2ncc(Cn3cccn3)n2CCN1C(=O)c1ccco1. The highest BCUT2D eigenvalue weighted by atomic mass is 16.3. The second-order valence-corrected chi connectivity index (χ2v) is 5.61. The van der Waals surface area contributed by atoms with Crippen molar-refractivity contribution in [2.75, 3.05) is 6.54 Å². The lowest BCUT2D eigenvalue weighted by atomic mass is 10.2. The average molecular weight is 311 g/mol. The molecule has 0 aliphatic carbocycles. The number of carbonyl (C=O) groups is 1. The van der Waals surface area contributed by atoms with Crippen molar-refractivity contribution in [2.45, 2.75) is 26.1 Å². The predicted octanol–water partition coefficient (Wildman–Crippen LogP) is 1.94. The molecule has 3 aromatic rings. The number of fused-ring (bicyclic) bond motifs is 1. The molecule has 23 heavy (non-hydrogen) atoms. The van der Waals surface area contributed by atoms with E-state index in [9.17, 15) is 4.79 Å². The fourth-order valence-electron chi connectivity index (χ4n) is 3.06. The molecule has 0 aromatic carbocycles. The molecule has 0 saturated heterocycles. The van der Waals surface area contributed by atoms with Crippen LogP contribution in [-0.2, 0) is 13.1 Å². The zero-order valence-electron chi connectivity index (χ0n) is 12.8. The first kappa shape index (κ1) is 13.8. The van der Waals surface area contributed by atoms with Crippen LogP contribution in [0.5, 0.6) is 0 Å². The largest absolute Gasteiger partial charge is 0.459 e. The van der Waals surface area contributed by atoms with E-state index in [4.69, 9.17) is 4.42 Å². The third-order valence-corrected chi connectivity index (χ3v) is 4.25. The Labute approximate surface area is 133 Å². The zero-order valence-corrected chi connectivity index (χ0v) is 12.8. The minimum Gasteiger partial charge on any atom is -0.459 e. The standard InChI is InChI=1S/C16H17N5O2/c1-12-15-17-10-13(11-19-6-3-5-18-19)21(15)8-7-20(12)16(22)14-4-2-9-23-14/h2-6,9-10,12H,7-8,11H2,1H3/t12-/m1/s1. The van der Waals surface area contributed by atoms with Gasteiger partial charge >= 0.3 is 0 Å². The number of rotatable bonds is 3. The van der Waals surface area contributed by atoms with E-state index in [1.165, 1.54) is 6.26 Å². The summed E-state index contributed by atoms with van der Waals surface area (Å²) in [5, 5.41) is 4.23. The van der Waals surface area contributed by atoms with Crippen LogP contribution in [0.4, 0.5) is 0 Å². The van der Waals surface area contributed by atoms with Crippen molar-refractivity contribution in [1.82, 2.24) is 24.2 Å². The van der Waals surface area contributed by atoms with E-state index in [-0.39, 0.29) is 11.9 Å². The number of aromatic nitrogens is 4. The quantitative estimate of drug-likeness (QED) is 0.741. The molecule has 0 N–H and O–H groups in total. The molecule has 1 aliphatic rings. The first-order valence-electron chi connectivity index (χ1n) is 7.60. The van der Waals surface area contributed by atoms with Gasteiger partial charge in [-0.3, -0.25) is 9.48 Å². The lowest BCUT2D eigenvalue weighted by Crippen LogP contribution is -2.41. The van der Waals surface area contributed by atoms with Gasteiger partial charge in [0, 0.05) is 25.5 Å². The van der Waals surface area contributed by atoms with E-state index in [0.717, 1.165) is 18.1 Å². The van der Waals surface area contributed by atoms with Crippen LogP contribution in [-0.4, -0.2) is 36.7 Å². The molecule has 0 unspecified atom stereocenters. The van der Waals surface area contributed by atoms with Crippen LogP contribution in [0, 0.1) is 0 Å². The number of hydrogen-bond donors (Lipinski definition) is 0. The molecule has 1 atom stereocenters. The monoisotopic (exact) mass is 311 g/mol. The molecule has 0 radical (unpaired) electrons. The average Bonchev–Trinajstić information content (AvgIpc) is 3.30. The topological polar surface area (TPSA) is 69.1 Å². The summed E-state index contributed by atoms with van der Waals surface area (Å²) in [7, 11) is 0. The molecule has 4 heterocycles. The van der Waals surface area contributed by atoms with Crippen LogP contribution >= 0.6 is 0 Å².